The normalized spacial score (nSPS) is 10.9. The number of benzene rings is 2. The number of aromatic nitrogens is 2. The highest BCUT2D eigenvalue weighted by molar-refractivity contribution is 5.81. The fraction of sp³-hybridized carbons (Fsp3) is 0.188. The number of para-hydroxylation sites is 1. The lowest BCUT2D eigenvalue weighted by Crippen LogP contribution is -2.00. The van der Waals surface area contributed by atoms with Crippen molar-refractivity contribution in [2.45, 2.75) is 13.5 Å². The van der Waals surface area contributed by atoms with Crippen LogP contribution in [0.5, 0.6) is 5.75 Å². The molecule has 102 valence electrons. The first-order valence-electron chi connectivity index (χ1n) is 6.45. The van der Waals surface area contributed by atoms with Gasteiger partial charge < -0.3 is 4.74 Å². The first kappa shape index (κ1) is 12.7. The highest BCUT2D eigenvalue weighted by Crippen LogP contribution is 2.23. The molecule has 0 aliphatic rings. The lowest BCUT2D eigenvalue weighted by Gasteiger charge is -2.07. The van der Waals surface area contributed by atoms with Gasteiger partial charge in [-0.1, -0.05) is 30.3 Å². The Labute approximate surface area is 116 Å². The van der Waals surface area contributed by atoms with E-state index in [0.717, 1.165) is 16.6 Å². The lowest BCUT2D eigenvalue weighted by atomic mass is 10.2. The predicted octanol–water partition coefficient (Wildman–Crippen LogP) is 3.60. The summed E-state index contributed by atoms with van der Waals surface area (Å²) in [6.07, 6.45) is 0. The zero-order valence-electron chi connectivity index (χ0n) is 11.4. The van der Waals surface area contributed by atoms with Crippen LogP contribution in [0.4, 0.5) is 4.39 Å². The largest absolute Gasteiger partial charge is 0.484 e. The Bertz CT molecular complexity index is 764. The predicted molar refractivity (Wildman–Crippen MR) is 76.2 cm³/mol. The van der Waals surface area contributed by atoms with Crippen LogP contribution in [-0.4, -0.2) is 9.78 Å². The topological polar surface area (TPSA) is 27.1 Å². The van der Waals surface area contributed by atoms with E-state index in [0.29, 0.717) is 5.56 Å². The van der Waals surface area contributed by atoms with Crippen molar-refractivity contribution >= 4 is 10.9 Å². The summed E-state index contributed by atoms with van der Waals surface area (Å²) in [5.74, 6) is -0.0486. The first-order chi connectivity index (χ1) is 9.66. The van der Waals surface area contributed by atoms with Gasteiger partial charge in [0.1, 0.15) is 12.3 Å². The third-order valence-corrected chi connectivity index (χ3v) is 3.36. The molecule has 20 heavy (non-hydrogen) atoms. The molecule has 0 fully saturated rings. The van der Waals surface area contributed by atoms with Crippen LogP contribution in [0.2, 0.25) is 0 Å². The van der Waals surface area contributed by atoms with Crippen LogP contribution in [0.3, 0.4) is 0 Å². The Kier molecular flexibility index (Phi) is 3.14. The van der Waals surface area contributed by atoms with Gasteiger partial charge in [0, 0.05) is 12.4 Å². The van der Waals surface area contributed by atoms with Gasteiger partial charge in [0.05, 0.1) is 5.52 Å². The Morgan fingerprint density at radius 2 is 1.95 bits per heavy atom. The molecule has 0 spiro atoms. The van der Waals surface area contributed by atoms with E-state index in [1.54, 1.807) is 29.8 Å². The molecule has 0 amide bonds. The van der Waals surface area contributed by atoms with E-state index >= 15 is 0 Å². The molecule has 0 N–H and O–H groups in total. The zero-order valence-corrected chi connectivity index (χ0v) is 11.4. The molecular formula is C16H15FN2O. The average Bonchev–Trinajstić information content (AvgIpc) is 2.78. The molecule has 3 nitrogen and oxygen atoms in total. The Morgan fingerprint density at radius 3 is 2.80 bits per heavy atom. The van der Waals surface area contributed by atoms with Crippen molar-refractivity contribution < 1.29 is 9.13 Å². The maximum atomic E-state index is 13.9. The van der Waals surface area contributed by atoms with Crippen molar-refractivity contribution in [2.24, 2.45) is 7.05 Å². The van der Waals surface area contributed by atoms with Crippen LogP contribution < -0.4 is 4.74 Å². The minimum absolute atomic E-state index is 0.252. The van der Waals surface area contributed by atoms with Crippen LogP contribution in [-0.2, 0) is 13.7 Å². The third-order valence-electron chi connectivity index (χ3n) is 3.36. The van der Waals surface area contributed by atoms with E-state index in [1.165, 1.54) is 0 Å². The summed E-state index contributed by atoms with van der Waals surface area (Å²) in [4.78, 5) is 0. The first-order valence-corrected chi connectivity index (χ1v) is 6.45. The number of halogens is 1. The van der Waals surface area contributed by atoms with Gasteiger partial charge in [-0.2, -0.15) is 5.10 Å². The van der Waals surface area contributed by atoms with Crippen molar-refractivity contribution in [3.05, 3.63) is 59.5 Å². The van der Waals surface area contributed by atoms with Gasteiger partial charge in [0.2, 0.25) is 0 Å². The number of nitrogens with zero attached hydrogens (tertiary/aromatic N) is 2. The highest BCUT2D eigenvalue weighted by atomic mass is 19.1. The number of aryl methyl sites for hydroxylation is 2. The zero-order chi connectivity index (χ0) is 14.1. The second kappa shape index (κ2) is 4.96. The van der Waals surface area contributed by atoms with Crippen molar-refractivity contribution in [3.8, 4) is 5.75 Å². The Morgan fingerprint density at radius 1 is 1.15 bits per heavy atom. The van der Waals surface area contributed by atoms with Crippen molar-refractivity contribution in [1.29, 1.82) is 0 Å². The lowest BCUT2D eigenvalue weighted by molar-refractivity contribution is 0.285. The maximum Gasteiger partial charge on any atom is 0.167 e. The van der Waals surface area contributed by atoms with Crippen LogP contribution >= 0.6 is 0 Å². The average molecular weight is 270 g/mol. The van der Waals surface area contributed by atoms with Gasteiger partial charge in [0.15, 0.2) is 11.6 Å². The van der Waals surface area contributed by atoms with Crippen molar-refractivity contribution in [2.75, 3.05) is 0 Å². The van der Waals surface area contributed by atoms with Crippen LogP contribution in [0.25, 0.3) is 10.9 Å². The summed E-state index contributed by atoms with van der Waals surface area (Å²) < 4.78 is 21.3. The summed E-state index contributed by atoms with van der Waals surface area (Å²) >= 11 is 0. The quantitative estimate of drug-likeness (QED) is 0.727. The number of rotatable bonds is 3. The van der Waals surface area contributed by atoms with Gasteiger partial charge >= 0.3 is 0 Å². The third kappa shape index (κ3) is 2.13. The summed E-state index contributed by atoms with van der Waals surface area (Å²) in [6.45, 7) is 1.97. The van der Waals surface area contributed by atoms with Gasteiger partial charge in [-0.15, -0.1) is 0 Å². The molecule has 0 saturated heterocycles. The Balaban J connectivity index is 1.89. The van der Waals surface area contributed by atoms with Gasteiger partial charge in [0.25, 0.3) is 0 Å². The van der Waals surface area contributed by atoms with Crippen molar-refractivity contribution in [3.63, 3.8) is 0 Å². The molecule has 1 aromatic heterocycles. The number of hydrogen-bond acceptors (Lipinski definition) is 2. The molecule has 0 unspecified atom stereocenters. The number of hydrogen-bond donors (Lipinski definition) is 0. The summed E-state index contributed by atoms with van der Waals surface area (Å²) in [7, 11) is 1.89. The minimum Gasteiger partial charge on any atom is -0.484 e. The molecule has 4 heteroatoms. The summed E-state index contributed by atoms with van der Waals surface area (Å²) in [5.41, 5.74) is 2.42. The summed E-state index contributed by atoms with van der Waals surface area (Å²) in [6, 6.07) is 13.1. The highest BCUT2D eigenvalue weighted by Gasteiger charge is 2.10. The molecule has 0 aliphatic heterocycles. The smallest absolute Gasteiger partial charge is 0.167 e. The summed E-state index contributed by atoms with van der Waals surface area (Å²) in [5, 5.41) is 5.46. The van der Waals surface area contributed by atoms with Gasteiger partial charge in [-0.25, -0.2) is 4.39 Å². The molecule has 0 radical (unpaired) electrons. The molecule has 0 saturated carbocycles. The van der Waals surface area contributed by atoms with E-state index in [1.807, 2.05) is 31.3 Å². The van der Waals surface area contributed by atoms with Crippen molar-refractivity contribution in [1.82, 2.24) is 9.78 Å². The van der Waals surface area contributed by atoms with E-state index in [-0.39, 0.29) is 18.2 Å². The molecule has 2 aromatic carbocycles. The molecular weight excluding hydrogens is 255 g/mol. The molecule has 0 atom stereocenters. The maximum absolute atomic E-state index is 13.9. The monoisotopic (exact) mass is 270 g/mol. The van der Waals surface area contributed by atoms with E-state index in [9.17, 15) is 4.39 Å². The minimum atomic E-state index is -0.312. The second-order valence-corrected chi connectivity index (χ2v) is 4.76. The molecule has 3 aromatic rings. The fourth-order valence-electron chi connectivity index (χ4n) is 2.27. The van der Waals surface area contributed by atoms with E-state index in [2.05, 4.69) is 5.10 Å². The van der Waals surface area contributed by atoms with Gasteiger partial charge in [-0.05, 0) is 24.6 Å². The standard InChI is InChI=1S/C16H15FN2O/c1-11-6-5-9-15(16(11)17)20-10-13-12-7-3-4-8-14(12)19(2)18-13/h3-9H,10H2,1-2H3. The molecule has 0 bridgehead atoms. The molecule has 3 rings (SSSR count). The molecule has 0 aliphatic carbocycles. The number of fused-ring (bicyclic) bond motifs is 1. The van der Waals surface area contributed by atoms with Crippen LogP contribution in [0.1, 0.15) is 11.3 Å². The number of ether oxygens (including phenoxy) is 1. The fourth-order valence-corrected chi connectivity index (χ4v) is 2.27. The van der Waals surface area contributed by atoms with Crippen LogP contribution in [0, 0.1) is 12.7 Å². The SMILES string of the molecule is Cc1cccc(OCc2nn(C)c3ccccc23)c1F. The molecule has 1 heterocycles. The van der Waals surface area contributed by atoms with E-state index < -0.39 is 0 Å². The Hall–Kier alpha value is -2.36. The van der Waals surface area contributed by atoms with Crippen LogP contribution in [0.15, 0.2) is 42.5 Å². The van der Waals surface area contributed by atoms with Gasteiger partial charge in [-0.3, -0.25) is 4.68 Å². The second-order valence-electron chi connectivity index (χ2n) is 4.76. The van der Waals surface area contributed by atoms with E-state index in [4.69, 9.17) is 4.74 Å².